The van der Waals surface area contributed by atoms with Crippen molar-refractivity contribution in [2.75, 3.05) is 17.4 Å². The molecule has 3 aromatic carbocycles. The van der Waals surface area contributed by atoms with E-state index in [0.717, 1.165) is 28.1 Å². The largest absolute Gasteiger partial charge is 0.454 e. The fraction of sp³-hybridized carbons (Fsp3) is 0.160. The number of fused-ring (bicyclic) bond motifs is 2. The third kappa shape index (κ3) is 3.51. The second-order valence-electron chi connectivity index (χ2n) is 8.25. The SMILES string of the molecule is CC(C)(N)c1ccc(N/C(=C2\C(=O)Nc3cc4c(cc32)OCO4)c2ccccc2)cc1. The van der Waals surface area contributed by atoms with Crippen LogP contribution in [-0.2, 0) is 10.3 Å². The maximum atomic E-state index is 13.0. The number of benzene rings is 3. The Labute approximate surface area is 180 Å². The number of rotatable bonds is 4. The van der Waals surface area contributed by atoms with Crippen LogP contribution in [0.2, 0.25) is 0 Å². The lowest BCUT2D eigenvalue weighted by atomic mass is 9.95. The first-order valence-corrected chi connectivity index (χ1v) is 10.1. The predicted molar refractivity (Wildman–Crippen MR) is 122 cm³/mol. The van der Waals surface area contributed by atoms with E-state index in [1.54, 1.807) is 0 Å². The van der Waals surface area contributed by atoms with E-state index >= 15 is 0 Å². The molecule has 3 aromatic rings. The summed E-state index contributed by atoms with van der Waals surface area (Å²) >= 11 is 0. The minimum absolute atomic E-state index is 0.176. The molecule has 2 aliphatic rings. The minimum Gasteiger partial charge on any atom is -0.454 e. The summed E-state index contributed by atoms with van der Waals surface area (Å²) in [7, 11) is 0. The standard InChI is InChI=1S/C25H23N3O3/c1-25(2,26)16-8-10-17(11-9-16)27-23(15-6-4-3-5-7-15)22-18-12-20-21(31-14-30-20)13-19(18)28-24(22)29/h3-13,27H,14,26H2,1-2H3,(H,28,29)/b23-22-. The predicted octanol–water partition coefficient (Wildman–Crippen LogP) is 4.54. The van der Waals surface area contributed by atoms with E-state index in [0.29, 0.717) is 22.8 Å². The Morgan fingerprint density at radius 1 is 1.00 bits per heavy atom. The van der Waals surface area contributed by atoms with Crippen LogP contribution in [-0.4, -0.2) is 12.7 Å². The quantitative estimate of drug-likeness (QED) is 0.547. The number of nitrogens with two attached hydrogens (primary N) is 1. The van der Waals surface area contributed by atoms with E-state index < -0.39 is 5.54 Å². The van der Waals surface area contributed by atoms with Crippen molar-refractivity contribution in [3.8, 4) is 11.5 Å². The summed E-state index contributed by atoms with van der Waals surface area (Å²) in [6.45, 7) is 4.12. The average molecular weight is 413 g/mol. The second-order valence-corrected chi connectivity index (χ2v) is 8.25. The zero-order chi connectivity index (χ0) is 21.6. The van der Waals surface area contributed by atoms with Crippen molar-refractivity contribution >= 4 is 28.6 Å². The first-order chi connectivity index (χ1) is 14.9. The molecule has 5 rings (SSSR count). The summed E-state index contributed by atoms with van der Waals surface area (Å²) in [5.41, 5.74) is 11.3. The number of amides is 1. The van der Waals surface area contributed by atoms with Gasteiger partial charge in [0.05, 0.1) is 17.0 Å². The first kappa shape index (κ1) is 19.2. The smallest absolute Gasteiger partial charge is 0.258 e. The van der Waals surface area contributed by atoms with Gasteiger partial charge in [0.25, 0.3) is 5.91 Å². The van der Waals surface area contributed by atoms with Gasteiger partial charge in [-0.15, -0.1) is 0 Å². The van der Waals surface area contributed by atoms with E-state index in [1.807, 2.05) is 80.6 Å². The summed E-state index contributed by atoms with van der Waals surface area (Å²) in [6, 6.07) is 21.4. The van der Waals surface area contributed by atoms with Crippen LogP contribution in [0.5, 0.6) is 11.5 Å². The van der Waals surface area contributed by atoms with Crippen LogP contribution < -0.4 is 25.8 Å². The second kappa shape index (κ2) is 7.18. The molecule has 2 heterocycles. The lowest BCUT2D eigenvalue weighted by molar-refractivity contribution is -0.110. The molecule has 6 nitrogen and oxygen atoms in total. The summed E-state index contributed by atoms with van der Waals surface area (Å²) in [6.07, 6.45) is 0. The number of carbonyl (C=O) groups is 1. The van der Waals surface area contributed by atoms with Crippen LogP contribution in [0.4, 0.5) is 11.4 Å². The molecule has 0 bridgehead atoms. The summed E-state index contributed by atoms with van der Waals surface area (Å²) in [5.74, 6) is 1.09. The molecule has 31 heavy (non-hydrogen) atoms. The van der Waals surface area contributed by atoms with E-state index in [4.69, 9.17) is 15.2 Å². The van der Waals surface area contributed by atoms with E-state index in [1.165, 1.54) is 0 Å². The van der Waals surface area contributed by atoms with Gasteiger partial charge in [-0.25, -0.2) is 0 Å². The van der Waals surface area contributed by atoms with Gasteiger partial charge in [-0.1, -0.05) is 42.5 Å². The molecule has 0 unspecified atom stereocenters. The molecule has 156 valence electrons. The van der Waals surface area contributed by atoms with Gasteiger partial charge in [0, 0.05) is 22.9 Å². The lowest BCUT2D eigenvalue weighted by Crippen LogP contribution is -2.28. The Morgan fingerprint density at radius 2 is 1.68 bits per heavy atom. The summed E-state index contributed by atoms with van der Waals surface area (Å²) < 4.78 is 11.0. The van der Waals surface area contributed by atoms with E-state index in [2.05, 4.69) is 10.6 Å². The van der Waals surface area contributed by atoms with Gasteiger partial charge in [-0.2, -0.15) is 0 Å². The zero-order valence-corrected chi connectivity index (χ0v) is 17.4. The van der Waals surface area contributed by atoms with Gasteiger partial charge < -0.3 is 25.8 Å². The molecule has 0 saturated carbocycles. The van der Waals surface area contributed by atoms with Gasteiger partial charge in [0.2, 0.25) is 6.79 Å². The fourth-order valence-corrected chi connectivity index (χ4v) is 3.82. The molecule has 0 aliphatic carbocycles. The third-order valence-electron chi connectivity index (χ3n) is 5.47. The van der Waals surface area contributed by atoms with Gasteiger partial charge >= 0.3 is 0 Å². The molecule has 1 amide bonds. The molecular weight excluding hydrogens is 390 g/mol. The Kier molecular flexibility index (Phi) is 4.45. The molecule has 2 aliphatic heterocycles. The van der Waals surface area contributed by atoms with Crippen molar-refractivity contribution in [2.45, 2.75) is 19.4 Å². The molecular formula is C25H23N3O3. The number of hydrogen-bond acceptors (Lipinski definition) is 5. The van der Waals surface area contributed by atoms with Crippen molar-refractivity contribution in [1.29, 1.82) is 0 Å². The highest BCUT2D eigenvalue weighted by Gasteiger charge is 2.31. The van der Waals surface area contributed by atoms with E-state index in [-0.39, 0.29) is 12.7 Å². The Balaban J connectivity index is 1.63. The Bertz CT molecular complexity index is 1190. The molecule has 4 N–H and O–H groups in total. The molecule has 6 heteroatoms. The minimum atomic E-state index is -0.425. The van der Waals surface area contributed by atoms with Crippen LogP contribution in [0.25, 0.3) is 11.3 Å². The molecule has 0 aromatic heterocycles. The fourth-order valence-electron chi connectivity index (χ4n) is 3.82. The first-order valence-electron chi connectivity index (χ1n) is 10.1. The summed E-state index contributed by atoms with van der Waals surface area (Å²) in [5, 5.41) is 6.41. The van der Waals surface area contributed by atoms with Crippen molar-refractivity contribution in [2.24, 2.45) is 5.73 Å². The monoisotopic (exact) mass is 413 g/mol. The highest BCUT2D eigenvalue weighted by Crippen LogP contribution is 2.45. The van der Waals surface area contributed by atoms with Crippen LogP contribution in [0.15, 0.2) is 66.7 Å². The van der Waals surface area contributed by atoms with Gasteiger partial charge in [-0.3, -0.25) is 4.79 Å². The number of hydrogen-bond donors (Lipinski definition) is 3. The molecule has 0 fully saturated rings. The lowest BCUT2D eigenvalue weighted by Gasteiger charge is -2.20. The van der Waals surface area contributed by atoms with Crippen molar-refractivity contribution in [3.63, 3.8) is 0 Å². The number of ether oxygens (including phenoxy) is 2. The number of nitrogens with one attached hydrogen (secondary N) is 2. The van der Waals surface area contributed by atoms with Crippen LogP contribution in [0, 0.1) is 0 Å². The molecule has 0 saturated heterocycles. The highest BCUT2D eigenvalue weighted by molar-refractivity contribution is 6.37. The third-order valence-corrected chi connectivity index (χ3v) is 5.47. The molecule has 0 spiro atoms. The maximum Gasteiger partial charge on any atom is 0.258 e. The van der Waals surface area contributed by atoms with E-state index in [9.17, 15) is 4.79 Å². The van der Waals surface area contributed by atoms with Crippen LogP contribution >= 0.6 is 0 Å². The van der Waals surface area contributed by atoms with Gasteiger partial charge in [-0.05, 0) is 43.2 Å². The Morgan fingerprint density at radius 3 is 2.35 bits per heavy atom. The molecule has 0 atom stereocenters. The summed E-state index contributed by atoms with van der Waals surface area (Å²) in [4.78, 5) is 13.0. The maximum absolute atomic E-state index is 13.0. The topological polar surface area (TPSA) is 85.6 Å². The highest BCUT2D eigenvalue weighted by atomic mass is 16.7. The van der Waals surface area contributed by atoms with Gasteiger partial charge in [0.1, 0.15) is 0 Å². The van der Waals surface area contributed by atoms with Crippen molar-refractivity contribution < 1.29 is 14.3 Å². The molecule has 0 radical (unpaired) electrons. The number of carbonyl (C=O) groups excluding carboxylic acids is 1. The zero-order valence-electron chi connectivity index (χ0n) is 17.4. The Hall–Kier alpha value is -3.77. The normalized spacial score (nSPS) is 16.0. The number of anilines is 2. The average Bonchev–Trinajstić information content (AvgIpc) is 3.33. The van der Waals surface area contributed by atoms with Crippen LogP contribution in [0.1, 0.15) is 30.5 Å². The van der Waals surface area contributed by atoms with Crippen molar-refractivity contribution in [3.05, 3.63) is 83.4 Å². The van der Waals surface area contributed by atoms with Crippen molar-refractivity contribution in [1.82, 2.24) is 0 Å². The van der Waals surface area contributed by atoms with Gasteiger partial charge in [0.15, 0.2) is 11.5 Å². The van der Waals surface area contributed by atoms with Crippen LogP contribution in [0.3, 0.4) is 0 Å².